The number of carbonyl (C=O) groups excluding carboxylic acids is 1. The number of hydrogen-bond donors (Lipinski definition) is 2. The van der Waals surface area contributed by atoms with Gasteiger partial charge < -0.3 is 11.1 Å². The number of anilines is 1. The van der Waals surface area contributed by atoms with Crippen LogP contribution in [0.5, 0.6) is 0 Å². The Morgan fingerprint density at radius 1 is 1.52 bits per heavy atom. The largest absolute Gasteiger partial charge is 0.392 e. The van der Waals surface area contributed by atoms with Crippen molar-refractivity contribution in [3.63, 3.8) is 0 Å². The lowest BCUT2D eigenvalue weighted by atomic mass is 10.1. The van der Waals surface area contributed by atoms with Gasteiger partial charge in [-0.3, -0.25) is 14.9 Å². The average Bonchev–Trinajstić information content (AvgIpc) is 2.24. The summed E-state index contributed by atoms with van der Waals surface area (Å²) >= 11 is 0. The first-order chi connectivity index (χ1) is 9.53. The molecule has 0 radical (unpaired) electrons. The maximum absolute atomic E-state index is 13.7. The van der Waals surface area contributed by atoms with Crippen molar-refractivity contribution in [3.8, 4) is 0 Å². The number of carbonyl (C=O) groups is 1. The summed E-state index contributed by atoms with van der Waals surface area (Å²) in [6.07, 6.45) is 0.984. The lowest BCUT2D eigenvalue weighted by Gasteiger charge is -2.14. The third-order valence-electron chi connectivity index (χ3n) is 2.53. The van der Waals surface area contributed by atoms with Crippen molar-refractivity contribution in [1.82, 2.24) is 5.32 Å². The minimum absolute atomic E-state index is 0.352. The fraction of sp³-hybridized carbons (Fsp3) is 0.364. The van der Waals surface area contributed by atoms with E-state index in [1.165, 1.54) is 6.92 Å². The molecule has 0 aliphatic carbocycles. The lowest BCUT2D eigenvalue weighted by Crippen LogP contribution is -2.38. The number of halogens is 1. The predicted octanol–water partition coefficient (Wildman–Crippen LogP) is 0.479. The van der Waals surface area contributed by atoms with E-state index in [1.54, 1.807) is 0 Å². The molecule has 0 fully saturated rings. The number of hydrogen-bond acceptors (Lipinski definition) is 6. The normalized spacial score (nSPS) is 12.7. The first-order valence-electron chi connectivity index (χ1n) is 5.74. The fourth-order valence-electron chi connectivity index (χ4n) is 1.76. The number of nitrogens with two attached hydrogens (primary N) is 1. The van der Waals surface area contributed by atoms with E-state index in [1.807, 2.05) is 0 Å². The molecular weight excluding hydrogens is 305 g/mol. The summed E-state index contributed by atoms with van der Waals surface area (Å²) in [5, 5.41) is 12.9. The summed E-state index contributed by atoms with van der Waals surface area (Å²) in [7, 11) is -3.34. The molecule has 21 heavy (non-hydrogen) atoms. The molecule has 1 unspecified atom stereocenters. The van der Waals surface area contributed by atoms with Gasteiger partial charge in [0.25, 0.3) is 11.6 Å². The SMILES string of the molecule is CC(CS(C)(=O)=O)NC(=O)c1c(F)ccc([N+](=O)[O-])c1N. The summed E-state index contributed by atoms with van der Waals surface area (Å²) in [4.78, 5) is 21.8. The number of rotatable bonds is 5. The summed E-state index contributed by atoms with van der Waals surface area (Å²) in [6, 6.07) is 0.803. The Kier molecular flexibility index (Phi) is 4.84. The highest BCUT2D eigenvalue weighted by Gasteiger charge is 2.25. The van der Waals surface area contributed by atoms with Gasteiger partial charge in [-0.05, 0) is 13.0 Å². The number of nitrogens with zero attached hydrogens (tertiary/aromatic N) is 1. The van der Waals surface area contributed by atoms with Gasteiger partial charge in [-0.2, -0.15) is 0 Å². The smallest absolute Gasteiger partial charge is 0.293 e. The zero-order chi connectivity index (χ0) is 16.4. The molecule has 116 valence electrons. The second-order valence-electron chi connectivity index (χ2n) is 4.58. The molecule has 0 bridgehead atoms. The van der Waals surface area contributed by atoms with Crippen LogP contribution in [-0.2, 0) is 9.84 Å². The maximum atomic E-state index is 13.7. The molecule has 1 aromatic carbocycles. The van der Waals surface area contributed by atoms with Crippen molar-refractivity contribution >= 4 is 27.1 Å². The van der Waals surface area contributed by atoms with E-state index in [2.05, 4.69) is 5.32 Å². The molecule has 0 aliphatic heterocycles. The molecule has 0 aromatic heterocycles. The molecule has 1 amide bonds. The highest BCUT2D eigenvalue weighted by atomic mass is 32.2. The standard InChI is InChI=1S/C11H14FN3O5S/c1-6(5-21(2,19)20)14-11(16)9-7(12)3-4-8(10(9)13)15(17)18/h3-4,6H,5,13H2,1-2H3,(H,14,16). The van der Waals surface area contributed by atoms with E-state index in [9.17, 15) is 27.7 Å². The third kappa shape index (κ3) is 4.38. The van der Waals surface area contributed by atoms with Crippen molar-refractivity contribution in [2.45, 2.75) is 13.0 Å². The molecule has 0 saturated heterocycles. The van der Waals surface area contributed by atoms with E-state index in [0.29, 0.717) is 0 Å². The van der Waals surface area contributed by atoms with Gasteiger partial charge >= 0.3 is 0 Å². The molecule has 0 saturated carbocycles. The number of benzene rings is 1. The first-order valence-corrected chi connectivity index (χ1v) is 7.80. The molecule has 1 rings (SSSR count). The Balaban J connectivity index is 3.08. The number of nitro benzene ring substituents is 1. The Bertz CT molecular complexity index is 689. The van der Waals surface area contributed by atoms with Crippen molar-refractivity contribution in [2.75, 3.05) is 17.7 Å². The molecular formula is C11H14FN3O5S. The monoisotopic (exact) mass is 319 g/mol. The van der Waals surface area contributed by atoms with Crippen LogP contribution in [0.1, 0.15) is 17.3 Å². The van der Waals surface area contributed by atoms with E-state index in [-0.39, 0.29) is 5.75 Å². The summed E-state index contributed by atoms with van der Waals surface area (Å²) in [5.74, 6) is -2.39. The second-order valence-corrected chi connectivity index (χ2v) is 6.76. The van der Waals surface area contributed by atoms with Crippen molar-refractivity contribution in [3.05, 3.63) is 33.6 Å². The topological polar surface area (TPSA) is 132 Å². The quantitative estimate of drug-likeness (QED) is 0.461. The minimum Gasteiger partial charge on any atom is -0.392 e. The Morgan fingerprint density at radius 3 is 2.57 bits per heavy atom. The van der Waals surface area contributed by atoms with Gasteiger partial charge in [0, 0.05) is 18.4 Å². The molecule has 0 aliphatic rings. The molecule has 10 heteroatoms. The lowest BCUT2D eigenvalue weighted by molar-refractivity contribution is -0.384. The van der Waals surface area contributed by atoms with Crippen LogP contribution in [0.3, 0.4) is 0 Å². The van der Waals surface area contributed by atoms with Crippen LogP contribution in [0, 0.1) is 15.9 Å². The molecule has 1 atom stereocenters. The van der Waals surface area contributed by atoms with E-state index < -0.39 is 49.5 Å². The molecule has 8 nitrogen and oxygen atoms in total. The highest BCUT2D eigenvalue weighted by molar-refractivity contribution is 7.90. The van der Waals surface area contributed by atoms with E-state index in [0.717, 1.165) is 18.4 Å². The molecule has 1 aromatic rings. The second kappa shape index (κ2) is 6.04. The average molecular weight is 319 g/mol. The van der Waals surface area contributed by atoms with Gasteiger partial charge in [-0.25, -0.2) is 12.8 Å². The van der Waals surface area contributed by atoms with Gasteiger partial charge in [-0.15, -0.1) is 0 Å². The minimum atomic E-state index is -3.34. The zero-order valence-electron chi connectivity index (χ0n) is 11.3. The zero-order valence-corrected chi connectivity index (χ0v) is 12.1. The number of nitrogens with one attached hydrogen (secondary N) is 1. The summed E-state index contributed by atoms with van der Waals surface area (Å²) in [6.45, 7) is 1.41. The number of amides is 1. The number of sulfone groups is 1. The van der Waals surface area contributed by atoms with Crippen molar-refractivity contribution < 1.29 is 22.5 Å². The van der Waals surface area contributed by atoms with Crippen LogP contribution in [0.2, 0.25) is 0 Å². The Hall–Kier alpha value is -2.23. The maximum Gasteiger partial charge on any atom is 0.293 e. The highest BCUT2D eigenvalue weighted by Crippen LogP contribution is 2.27. The van der Waals surface area contributed by atoms with Gasteiger partial charge in [0.15, 0.2) is 0 Å². The molecule has 0 heterocycles. The van der Waals surface area contributed by atoms with Crippen molar-refractivity contribution in [1.29, 1.82) is 0 Å². The summed E-state index contributed by atoms with van der Waals surface area (Å²) < 4.78 is 35.8. The van der Waals surface area contributed by atoms with Crippen LogP contribution in [0.4, 0.5) is 15.8 Å². The van der Waals surface area contributed by atoms with Crippen LogP contribution in [0.25, 0.3) is 0 Å². The molecule has 0 spiro atoms. The van der Waals surface area contributed by atoms with Crippen LogP contribution in [0.15, 0.2) is 12.1 Å². The van der Waals surface area contributed by atoms with Gasteiger partial charge in [0.2, 0.25) is 0 Å². The van der Waals surface area contributed by atoms with Crippen molar-refractivity contribution in [2.24, 2.45) is 0 Å². The molecule has 3 N–H and O–H groups in total. The third-order valence-corrected chi connectivity index (χ3v) is 3.63. The number of nitrogen functional groups attached to an aromatic ring is 1. The Morgan fingerprint density at radius 2 is 2.10 bits per heavy atom. The van der Waals surface area contributed by atoms with Crippen LogP contribution < -0.4 is 11.1 Å². The number of nitro groups is 1. The van der Waals surface area contributed by atoms with Crippen LogP contribution in [-0.4, -0.2) is 37.3 Å². The van der Waals surface area contributed by atoms with Gasteiger partial charge in [0.05, 0.1) is 10.7 Å². The van der Waals surface area contributed by atoms with E-state index >= 15 is 0 Å². The van der Waals surface area contributed by atoms with Gasteiger partial charge in [-0.1, -0.05) is 0 Å². The van der Waals surface area contributed by atoms with Gasteiger partial charge in [0.1, 0.15) is 26.9 Å². The fourth-order valence-corrected chi connectivity index (χ4v) is 2.76. The first kappa shape index (κ1) is 16.8. The summed E-state index contributed by atoms with van der Waals surface area (Å²) in [5.41, 5.74) is 3.54. The Labute approximate surface area is 120 Å². The van der Waals surface area contributed by atoms with Crippen LogP contribution >= 0.6 is 0 Å². The predicted molar refractivity (Wildman–Crippen MR) is 74.1 cm³/mol. The van der Waals surface area contributed by atoms with E-state index in [4.69, 9.17) is 5.73 Å².